The Bertz CT molecular complexity index is 1270. The number of methoxy groups -OCH3 is 1. The van der Waals surface area contributed by atoms with E-state index in [2.05, 4.69) is 13.0 Å². The highest BCUT2D eigenvalue weighted by molar-refractivity contribution is 5.91. The highest BCUT2D eigenvalue weighted by Crippen LogP contribution is 2.43. The topological polar surface area (TPSA) is 104 Å². The monoisotopic (exact) mass is 470 g/mol. The Morgan fingerprint density at radius 2 is 1.71 bits per heavy atom. The molecule has 178 valence electrons. The number of hydrogen-bond donors (Lipinski definition) is 1. The van der Waals surface area contributed by atoms with Gasteiger partial charge in [0.05, 0.1) is 25.2 Å². The summed E-state index contributed by atoms with van der Waals surface area (Å²) in [7, 11) is 1.59. The number of nitrogens with zero attached hydrogens (tertiary/aromatic N) is 1. The molecule has 0 spiro atoms. The molecular weight excluding hydrogens is 444 g/mol. The van der Waals surface area contributed by atoms with Gasteiger partial charge in [0, 0.05) is 11.6 Å². The van der Waals surface area contributed by atoms with E-state index in [9.17, 15) is 10.1 Å². The lowest BCUT2D eigenvalue weighted by Crippen LogP contribution is -2.21. The van der Waals surface area contributed by atoms with Crippen molar-refractivity contribution < 1.29 is 23.7 Å². The molecule has 3 aromatic rings. The first-order valence-corrected chi connectivity index (χ1v) is 11.3. The number of benzene rings is 3. The molecule has 1 aliphatic heterocycles. The molecule has 0 aliphatic carbocycles. The first-order chi connectivity index (χ1) is 17.0. The molecule has 7 heteroatoms. The Labute approximate surface area is 204 Å². The molecule has 0 saturated heterocycles. The second-order valence-corrected chi connectivity index (χ2v) is 8.01. The van der Waals surface area contributed by atoms with Gasteiger partial charge in [-0.1, -0.05) is 31.5 Å². The van der Waals surface area contributed by atoms with Crippen molar-refractivity contribution in [2.75, 3.05) is 13.7 Å². The van der Waals surface area contributed by atoms with Crippen molar-refractivity contribution in [3.8, 4) is 29.1 Å². The second kappa shape index (κ2) is 10.7. The third-order valence-corrected chi connectivity index (χ3v) is 5.71. The maximum absolute atomic E-state index is 12.7. The van der Waals surface area contributed by atoms with Crippen LogP contribution in [0.25, 0.3) is 0 Å². The van der Waals surface area contributed by atoms with Crippen LogP contribution in [0.4, 0.5) is 0 Å². The van der Waals surface area contributed by atoms with Crippen molar-refractivity contribution in [3.63, 3.8) is 0 Å². The van der Waals surface area contributed by atoms with Gasteiger partial charge >= 0.3 is 5.97 Å². The SMILES string of the molecule is CCCCOc1ccc(C(=O)Oc2ccc3c(c2)OC(N)=C(C#N)C3c2ccc(OC)cc2)cc1. The fraction of sp³-hybridized carbons (Fsp3) is 0.214. The van der Waals surface area contributed by atoms with Crippen molar-refractivity contribution in [1.29, 1.82) is 5.26 Å². The fourth-order valence-electron chi connectivity index (χ4n) is 3.83. The molecule has 2 N–H and O–H groups in total. The standard InChI is InChI=1S/C28H26N2O5/c1-3-4-15-33-21-11-7-19(8-12-21)28(31)34-22-13-14-23-25(16-22)35-27(30)24(17-29)26(23)18-5-9-20(32-2)10-6-18/h5-14,16,26H,3-4,15,30H2,1-2H3. The predicted octanol–water partition coefficient (Wildman–Crippen LogP) is 5.31. The third-order valence-electron chi connectivity index (χ3n) is 5.71. The van der Waals surface area contributed by atoms with E-state index in [1.165, 1.54) is 0 Å². The van der Waals surface area contributed by atoms with Gasteiger partial charge in [0.25, 0.3) is 0 Å². The molecule has 7 nitrogen and oxygen atoms in total. The molecule has 1 aliphatic rings. The molecule has 3 aromatic carbocycles. The quantitative estimate of drug-likeness (QED) is 0.270. The minimum Gasteiger partial charge on any atom is -0.497 e. The zero-order valence-electron chi connectivity index (χ0n) is 19.6. The van der Waals surface area contributed by atoms with Crippen LogP contribution in [0.15, 0.2) is 78.2 Å². The molecule has 0 saturated carbocycles. The molecule has 4 rings (SSSR count). The number of allylic oxidation sites excluding steroid dienone is 1. The summed E-state index contributed by atoms with van der Waals surface area (Å²) in [5.41, 5.74) is 8.40. The van der Waals surface area contributed by atoms with Gasteiger partial charge in [-0.2, -0.15) is 5.26 Å². The Hall–Kier alpha value is -4.44. The van der Waals surface area contributed by atoms with Crippen LogP contribution in [0.5, 0.6) is 23.0 Å². The number of hydrogen-bond acceptors (Lipinski definition) is 7. The second-order valence-electron chi connectivity index (χ2n) is 8.01. The zero-order valence-corrected chi connectivity index (χ0v) is 19.6. The Morgan fingerprint density at radius 3 is 2.37 bits per heavy atom. The van der Waals surface area contributed by atoms with Gasteiger partial charge in [0.15, 0.2) is 0 Å². The van der Waals surface area contributed by atoms with Crippen LogP contribution in [0.3, 0.4) is 0 Å². The Kier molecular flexibility index (Phi) is 7.22. The first kappa shape index (κ1) is 23.7. The summed E-state index contributed by atoms with van der Waals surface area (Å²) < 4.78 is 22.2. The van der Waals surface area contributed by atoms with Crippen molar-refractivity contribution in [1.82, 2.24) is 0 Å². The van der Waals surface area contributed by atoms with E-state index < -0.39 is 11.9 Å². The molecule has 1 unspecified atom stereocenters. The van der Waals surface area contributed by atoms with Gasteiger partial charge < -0.3 is 24.7 Å². The lowest BCUT2D eigenvalue weighted by molar-refractivity contribution is 0.0734. The van der Waals surface area contributed by atoms with Crippen LogP contribution in [0.1, 0.15) is 47.2 Å². The summed E-state index contributed by atoms with van der Waals surface area (Å²) in [5, 5.41) is 9.73. The van der Waals surface area contributed by atoms with Gasteiger partial charge in [-0.05, 0) is 54.4 Å². The molecule has 0 fully saturated rings. The number of rotatable bonds is 8. The maximum Gasteiger partial charge on any atom is 0.343 e. The lowest BCUT2D eigenvalue weighted by Gasteiger charge is -2.26. The summed E-state index contributed by atoms with van der Waals surface area (Å²) in [5.74, 6) is 1.24. The van der Waals surface area contributed by atoms with E-state index in [0.717, 1.165) is 24.0 Å². The highest BCUT2D eigenvalue weighted by Gasteiger charge is 2.31. The summed E-state index contributed by atoms with van der Waals surface area (Å²) in [4.78, 5) is 12.7. The van der Waals surface area contributed by atoms with Gasteiger partial charge in [-0.3, -0.25) is 0 Å². The Morgan fingerprint density at radius 1 is 1.03 bits per heavy atom. The zero-order chi connectivity index (χ0) is 24.8. The molecule has 1 heterocycles. The summed E-state index contributed by atoms with van der Waals surface area (Å²) in [6, 6.07) is 21.5. The van der Waals surface area contributed by atoms with E-state index in [1.54, 1.807) is 49.6 Å². The lowest BCUT2D eigenvalue weighted by atomic mass is 9.83. The van der Waals surface area contributed by atoms with Crippen LogP contribution in [-0.4, -0.2) is 19.7 Å². The van der Waals surface area contributed by atoms with Gasteiger partial charge in [0.2, 0.25) is 5.88 Å². The summed E-state index contributed by atoms with van der Waals surface area (Å²) >= 11 is 0. The number of esters is 1. The highest BCUT2D eigenvalue weighted by atomic mass is 16.5. The van der Waals surface area contributed by atoms with Gasteiger partial charge in [-0.15, -0.1) is 0 Å². The number of carbonyl (C=O) groups excluding carboxylic acids is 1. The van der Waals surface area contributed by atoms with Crippen LogP contribution in [0.2, 0.25) is 0 Å². The van der Waals surface area contributed by atoms with Crippen LogP contribution < -0.4 is 24.7 Å². The van der Waals surface area contributed by atoms with E-state index in [-0.39, 0.29) is 5.88 Å². The van der Waals surface area contributed by atoms with Gasteiger partial charge in [-0.25, -0.2) is 4.79 Å². The summed E-state index contributed by atoms with van der Waals surface area (Å²) in [6.07, 6.45) is 2.02. The van der Waals surface area contributed by atoms with E-state index in [0.29, 0.717) is 40.7 Å². The smallest absolute Gasteiger partial charge is 0.343 e. The molecular formula is C28H26N2O5. The molecule has 0 radical (unpaired) electrons. The van der Waals surface area contributed by atoms with Crippen LogP contribution in [-0.2, 0) is 0 Å². The minimum absolute atomic E-state index is 0.0166. The largest absolute Gasteiger partial charge is 0.497 e. The van der Waals surface area contributed by atoms with E-state index in [1.807, 2.05) is 24.3 Å². The number of unbranched alkanes of at least 4 members (excludes halogenated alkanes) is 1. The first-order valence-electron chi connectivity index (χ1n) is 11.3. The fourth-order valence-corrected chi connectivity index (χ4v) is 3.83. The average molecular weight is 471 g/mol. The van der Waals surface area contributed by atoms with Gasteiger partial charge in [0.1, 0.15) is 34.6 Å². The molecule has 0 aromatic heterocycles. The Balaban J connectivity index is 1.55. The molecule has 0 amide bonds. The van der Waals surface area contributed by atoms with E-state index in [4.69, 9.17) is 24.7 Å². The minimum atomic E-state index is -0.506. The maximum atomic E-state index is 12.7. The number of carbonyl (C=O) groups is 1. The number of ether oxygens (including phenoxy) is 4. The van der Waals surface area contributed by atoms with E-state index >= 15 is 0 Å². The number of nitriles is 1. The van der Waals surface area contributed by atoms with Crippen molar-refractivity contribution in [2.45, 2.75) is 25.7 Å². The van der Waals surface area contributed by atoms with Crippen molar-refractivity contribution in [2.24, 2.45) is 5.73 Å². The number of fused-ring (bicyclic) bond motifs is 1. The average Bonchev–Trinajstić information content (AvgIpc) is 2.88. The predicted molar refractivity (Wildman–Crippen MR) is 131 cm³/mol. The van der Waals surface area contributed by atoms with Crippen molar-refractivity contribution >= 4 is 5.97 Å². The van der Waals surface area contributed by atoms with Crippen LogP contribution in [0, 0.1) is 11.3 Å². The molecule has 1 atom stereocenters. The third kappa shape index (κ3) is 5.22. The normalized spacial score (nSPS) is 14.4. The molecule has 0 bridgehead atoms. The number of nitrogens with two attached hydrogens (primary N) is 1. The van der Waals surface area contributed by atoms with Crippen LogP contribution >= 0.6 is 0 Å². The molecule has 35 heavy (non-hydrogen) atoms. The van der Waals surface area contributed by atoms with Crippen molar-refractivity contribution in [3.05, 3.63) is 94.9 Å². The summed E-state index contributed by atoms with van der Waals surface area (Å²) in [6.45, 7) is 2.73.